The molecular weight excluding hydrogens is 190 g/mol. The van der Waals surface area contributed by atoms with Crippen molar-refractivity contribution in [3.63, 3.8) is 0 Å². The van der Waals surface area contributed by atoms with Crippen LogP contribution in [0.1, 0.15) is 38.0 Å². The van der Waals surface area contributed by atoms with Crippen molar-refractivity contribution in [2.45, 2.75) is 38.3 Å². The number of hydrogen-bond donors (Lipinski definition) is 2. The maximum Gasteiger partial charge on any atom is 0.123 e. The van der Waals surface area contributed by atoms with Crippen LogP contribution >= 0.6 is 0 Å². The van der Waals surface area contributed by atoms with Crippen LogP contribution in [0.25, 0.3) is 0 Å². The average Bonchev–Trinajstić information content (AvgIpc) is 2.86. The lowest BCUT2D eigenvalue weighted by Crippen LogP contribution is -2.36. The third-order valence-corrected chi connectivity index (χ3v) is 3.35. The van der Waals surface area contributed by atoms with Crippen LogP contribution in [0.15, 0.2) is 22.8 Å². The van der Waals surface area contributed by atoms with Crippen molar-refractivity contribution in [2.75, 3.05) is 6.61 Å². The Bertz CT molecular complexity index is 284. The van der Waals surface area contributed by atoms with Gasteiger partial charge in [-0.2, -0.15) is 0 Å². The summed E-state index contributed by atoms with van der Waals surface area (Å²) >= 11 is 0. The summed E-state index contributed by atoms with van der Waals surface area (Å²) in [6.07, 6.45) is 5.43. The highest BCUT2D eigenvalue weighted by atomic mass is 16.3. The van der Waals surface area contributed by atoms with Gasteiger partial charge in [0.15, 0.2) is 0 Å². The molecule has 0 bridgehead atoms. The number of nitrogens with one attached hydrogen (secondary N) is 1. The summed E-state index contributed by atoms with van der Waals surface area (Å²) in [6.45, 7) is 2.36. The first-order valence-corrected chi connectivity index (χ1v) is 5.71. The van der Waals surface area contributed by atoms with Gasteiger partial charge >= 0.3 is 0 Å². The first kappa shape index (κ1) is 10.7. The van der Waals surface area contributed by atoms with E-state index >= 15 is 0 Å². The van der Waals surface area contributed by atoms with Crippen LogP contribution in [0, 0.1) is 5.92 Å². The molecule has 15 heavy (non-hydrogen) atoms. The van der Waals surface area contributed by atoms with E-state index in [-0.39, 0.29) is 12.6 Å². The number of hydrogen-bond acceptors (Lipinski definition) is 3. The van der Waals surface area contributed by atoms with Crippen molar-refractivity contribution in [1.29, 1.82) is 0 Å². The normalized spacial score (nSPS) is 28.1. The maximum atomic E-state index is 9.32. The summed E-state index contributed by atoms with van der Waals surface area (Å²) in [5.74, 6) is 1.53. The fraction of sp³-hybridized carbons (Fsp3) is 0.667. The lowest BCUT2D eigenvalue weighted by molar-refractivity contribution is 0.207. The molecular formula is C12H19NO2. The minimum absolute atomic E-state index is 0.0504. The van der Waals surface area contributed by atoms with Gasteiger partial charge in [-0.25, -0.2) is 0 Å². The van der Waals surface area contributed by atoms with E-state index < -0.39 is 0 Å². The van der Waals surface area contributed by atoms with Gasteiger partial charge in [-0.1, -0.05) is 13.3 Å². The van der Waals surface area contributed by atoms with Gasteiger partial charge in [0, 0.05) is 6.04 Å². The van der Waals surface area contributed by atoms with Crippen LogP contribution < -0.4 is 5.32 Å². The molecule has 0 spiro atoms. The van der Waals surface area contributed by atoms with Crippen molar-refractivity contribution < 1.29 is 9.52 Å². The van der Waals surface area contributed by atoms with Gasteiger partial charge in [-0.05, 0) is 30.9 Å². The van der Waals surface area contributed by atoms with E-state index in [0.29, 0.717) is 12.0 Å². The summed E-state index contributed by atoms with van der Waals surface area (Å²) < 4.78 is 5.31. The second-order valence-electron chi connectivity index (χ2n) is 4.43. The standard InChI is InChI=1S/C12H19NO2/c1-9-4-2-5-10(9)13-11(8-14)12-6-3-7-15-12/h3,6-7,9-11,13-14H,2,4-5,8H2,1H3. The molecule has 2 rings (SSSR count). The summed E-state index contributed by atoms with van der Waals surface area (Å²) in [7, 11) is 0. The van der Waals surface area contributed by atoms with E-state index in [9.17, 15) is 5.11 Å². The first-order chi connectivity index (χ1) is 7.31. The Morgan fingerprint density at radius 1 is 1.60 bits per heavy atom. The number of aliphatic hydroxyl groups is 1. The minimum atomic E-state index is -0.0504. The Kier molecular flexibility index (Phi) is 3.44. The molecule has 3 unspecified atom stereocenters. The molecule has 1 aliphatic rings. The number of rotatable bonds is 4. The molecule has 84 valence electrons. The lowest BCUT2D eigenvalue weighted by atomic mass is 10.0. The molecule has 2 N–H and O–H groups in total. The molecule has 0 amide bonds. The zero-order valence-corrected chi connectivity index (χ0v) is 9.15. The smallest absolute Gasteiger partial charge is 0.123 e. The summed E-state index contributed by atoms with van der Waals surface area (Å²) in [5.41, 5.74) is 0. The van der Waals surface area contributed by atoms with E-state index in [1.165, 1.54) is 19.3 Å². The van der Waals surface area contributed by atoms with E-state index in [2.05, 4.69) is 12.2 Å². The van der Waals surface area contributed by atoms with E-state index in [1.807, 2.05) is 12.1 Å². The van der Waals surface area contributed by atoms with Gasteiger partial charge in [0.2, 0.25) is 0 Å². The maximum absolute atomic E-state index is 9.32. The predicted octanol–water partition coefficient (Wildman–Crippen LogP) is 2.09. The Labute approximate surface area is 90.5 Å². The van der Waals surface area contributed by atoms with Crippen molar-refractivity contribution in [1.82, 2.24) is 5.32 Å². The van der Waals surface area contributed by atoms with Crippen molar-refractivity contribution in [3.05, 3.63) is 24.2 Å². The van der Waals surface area contributed by atoms with Gasteiger partial charge in [-0.15, -0.1) is 0 Å². The monoisotopic (exact) mass is 209 g/mol. The highest BCUT2D eigenvalue weighted by Crippen LogP contribution is 2.27. The van der Waals surface area contributed by atoms with E-state index in [0.717, 1.165) is 5.76 Å². The fourth-order valence-electron chi connectivity index (χ4n) is 2.37. The van der Waals surface area contributed by atoms with Gasteiger partial charge in [0.25, 0.3) is 0 Å². The van der Waals surface area contributed by atoms with Gasteiger partial charge in [-0.3, -0.25) is 0 Å². The SMILES string of the molecule is CC1CCCC1NC(CO)c1ccco1. The van der Waals surface area contributed by atoms with E-state index in [1.54, 1.807) is 6.26 Å². The van der Waals surface area contributed by atoms with Crippen molar-refractivity contribution >= 4 is 0 Å². The molecule has 0 saturated heterocycles. The van der Waals surface area contributed by atoms with Crippen LogP contribution in [0.2, 0.25) is 0 Å². The summed E-state index contributed by atoms with van der Waals surface area (Å²) in [5, 5.41) is 12.8. The van der Waals surface area contributed by atoms with Crippen LogP contribution in [0.4, 0.5) is 0 Å². The topological polar surface area (TPSA) is 45.4 Å². The Morgan fingerprint density at radius 2 is 2.47 bits per heavy atom. The Balaban J connectivity index is 1.96. The molecule has 3 atom stereocenters. The van der Waals surface area contributed by atoms with Crippen LogP contribution in [0.3, 0.4) is 0 Å². The molecule has 0 radical (unpaired) electrons. The molecule has 1 heterocycles. The molecule has 3 nitrogen and oxygen atoms in total. The minimum Gasteiger partial charge on any atom is -0.468 e. The number of furan rings is 1. The highest BCUT2D eigenvalue weighted by molar-refractivity contribution is 5.05. The molecule has 1 fully saturated rings. The van der Waals surface area contributed by atoms with Crippen LogP contribution in [-0.4, -0.2) is 17.8 Å². The van der Waals surface area contributed by atoms with Crippen LogP contribution in [0.5, 0.6) is 0 Å². The molecule has 0 aromatic carbocycles. The van der Waals surface area contributed by atoms with Gasteiger partial charge in [0.05, 0.1) is 18.9 Å². The number of aliphatic hydroxyl groups excluding tert-OH is 1. The Hall–Kier alpha value is -0.800. The molecule has 1 saturated carbocycles. The average molecular weight is 209 g/mol. The van der Waals surface area contributed by atoms with Gasteiger partial charge < -0.3 is 14.8 Å². The molecule has 1 aliphatic carbocycles. The molecule has 3 heteroatoms. The predicted molar refractivity (Wildman–Crippen MR) is 58.5 cm³/mol. The van der Waals surface area contributed by atoms with Crippen molar-refractivity contribution in [3.8, 4) is 0 Å². The van der Waals surface area contributed by atoms with Gasteiger partial charge in [0.1, 0.15) is 5.76 Å². The third kappa shape index (κ3) is 2.41. The lowest BCUT2D eigenvalue weighted by Gasteiger charge is -2.22. The van der Waals surface area contributed by atoms with Crippen LogP contribution in [-0.2, 0) is 0 Å². The Morgan fingerprint density at radius 3 is 3.00 bits per heavy atom. The van der Waals surface area contributed by atoms with Crippen molar-refractivity contribution in [2.24, 2.45) is 5.92 Å². The largest absolute Gasteiger partial charge is 0.468 e. The highest BCUT2D eigenvalue weighted by Gasteiger charge is 2.26. The third-order valence-electron chi connectivity index (χ3n) is 3.35. The molecule has 1 aromatic rings. The quantitative estimate of drug-likeness (QED) is 0.798. The zero-order valence-electron chi connectivity index (χ0n) is 9.15. The second-order valence-corrected chi connectivity index (χ2v) is 4.43. The second kappa shape index (κ2) is 4.81. The fourth-order valence-corrected chi connectivity index (χ4v) is 2.37. The summed E-state index contributed by atoms with van der Waals surface area (Å²) in [4.78, 5) is 0. The first-order valence-electron chi connectivity index (χ1n) is 5.71. The van der Waals surface area contributed by atoms with E-state index in [4.69, 9.17) is 4.42 Å². The molecule has 0 aliphatic heterocycles. The zero-order chi connectivity index (χ0) is 10.7. The molecule has 1 aromatic heterocycles. The summed E-state index contributed by atoms with van der Waals surface area (Å²) in [6, 6.07) is 4.24.